The number of nitrogens with one attached hydrogen (secondary N) is 1. The number of hydrogen-bond donors (Lipinski definition) is 1. The Balaban J connectivity index is 2.77. The summed E-state index contributed by atoms with van der Waals surface area (Å²) in [5, 5.41) is 2.94. The Bertz CT molecular complexity index is 376. The van der Waals surface area contributed by atoms with Crippen LogP contribution in [-0.2, 0) is 0 Å². The molecular weight excluding hydrogens is 222 g/mol. The highest BCUT2D eigenvalue weighted by atomic mass is 35.5. The third-order valence-corrected chi connectivity index (χ3v) is 2.99. The molecule has 0 radical (unpaired) electrons. The number of carbonyl (C=O) groups is 1. The molecule has 1 aromatic rings. The number of benzene rings is 1. The van der Waals surface area contributed by atoms with Crippen molar-refractivity contribution in [3.63, 3.8) is 0 Å². The van der Waals surface area contributed by atoms with Gasteiger partial charge in [0.2, 0.25) is 0 Å². The molecule has 0 aromatic heterocycles. The highest BCUT2D eigenvalue weighted by Crippen LogP contribution is 2.12. The zero-order valence-corrected chi connectivity index (χ0v) is 10.8. The molecule has 0 aliphatic carbocycles. The van der Waals surface area contributed by atoms with E-state index >= 15 is 0 Å². The van der Waals surface area contributed by atoms with Crippen molar-refractivity contribution in [2.75, 3.05) is 5.88 Å². The normalized spacial score (nSPS) is 12.2. The predicted octanol–water partition coefficient (Wildman–Crippen LogP) is 3.05. The number of aryl methyl sites for hydroxylation is 1. The summed E-state index contributed by atoms with van der Waals surface area (Å²) in [5.74, 6) is 0.549. The summed E-state index contributed by atoms with van der Waals surface area (Å²) in [6.07, 6.45) is 0.790. The molecular formula is C13H18ClNO. The summed E-state index contributed by atoms with van der Waals surface area (Å²) >= 11 is 5.63. The van der Waals surface area contributed by atoms with Gasteiger partial charge in [-0.1, -0.05) is 12.1 Å². The molecule has 88 valence electrons. The Morgan fingerprint density at radius 1 is 1.44 bits per heavy atom. The van der Waals surface area contributed by atoms with Crippen LogP contribution in [0.3, 0.4) is 0 Å². The Morgan fingerprint density at radius 3 is 2.75 bits per heavy atom. The minimum absolute atomic E-state index is 0.0150. The quantitative estimate of drug-likeness (QED) is 0.804. The highest BCUT2D eigenvalue weighted by molar-refractivity contribution is 6.17. The summed E-state index contributed by atoms with van der Waals surface area (Å²) in [4.78, 5) is 11.9. The van der Waals surface area contributed by atoms with E-state index in [-0.39, 0.29) is 11.9 Å². The molecule has 16 heavy (non-hydrogen) atoms. The van der Waals surface area contributed by atoms with E-state index in [0.717, 1.165) is 23.1 Å². The molecule has 0 heterocycles. The first kappa shape index (κ1) is 13.0. The molecule has 1 atom stereocenters. The van der Waals surface area contributed by atoms with Gasteiger partial charge in [0.1, 0.15) is 0 Å². The maximum absolute atomic E-state index is 11.9. The minimum Gasteiger partial charge on any atom is -0.350 e. The summed E-state index contributed by atoms with van der Waals surface area (Å²) < 4.78 is 0. The number of hydrogen-bond acceptors (Lipinski definition) is 1. The van der Waals surface area contributed by atoms with Crippen LogP contribution in [0.15, 0.2) is 18.2 Å². The molecule has 0 fully saturated rings. The van der Waals surface area contributed by atoms with E-state index in [1.807, 2.05) is 39.0 Å². The second-order valence-corrected chi connectivity index (χ2v) is 4.48. The minimum atomic E-state index is -0.0150. The number of halogens is 1. The van der Waals surface area contributed by atoms with Gasteiger partial charge in [-0.2, -0.15) is 0 Å². The van der Waals surface area contributed by atoms with Crippen molar-refractivity contribution >= 4 is 17.5 Å². The fourth-order valence-corrected chi connectivity index (χ4v) is 1.86. The van der Waals surface area contributed by atoms with Crippen molar-refractivity contribution in [1.29, 1.82) is 0 Å². The van der Waals surface area contributed by atoms with Gasteiger partial charge in [-0.25, -0.2) is 0 Å². The van der Waals surface area contributed by atoms with Crippen molar-refractivity contribution in [2.24, 2.45) is 0 Å². The van der Waals surface area contributed by atoms with Crippen molar-refractivity contribution < 1.29 is 4.79 Å². The molecule has 0 saturated carbocycles. The molecule has 1 N–H and O–H groups in total. The van der Waals surface area contributed by atoms with Crippen molar-refractivity contribution in [3.8, 4) is 0 Å². The zero-order valence-electron chi connectivity index (χ0n) is 10.0. The summed E-state index contributed by atoms with van der Waals surface area (Å²) in [6.45, 7) is 5.94. The zero-order chi connectivity index (χ0) is 12.1. The first-order valence-corrected chi connectivity index (χ1v) is 6.02. The van der Waals surface area contributed by atoms with E-state index in [0.29, 0.717) is 5.88 Å². The van der Waals surface area contributed by atoms with Gasteiger partial charge in [0, 0.05) is 17.5 Å². The number of carbonyl (C=O) groups excluding carboxylic acids is 1. The highest BCUT2D eigenvalue weighted by Gasteiger charge is 2.12. The SMILES string of the molecule is Cc1cccc(C(=O)NC(C)CCCl)c1C. The van der Waals surface area contributed by atoms with Crippen LogP contribution in [0.5, 0.6) is 0 Å². The second-order valence-electron chi connectivity index (χ2n) is 4.10. The van der Waals surface area contributed by atoms with Crippen molar-refractivity contribution in [1.82, 2.24) is 5.32 Å². The molecule has 0 aliphatic heterocycles. The average molecular weight is 240 g/mol. The Kier molecular flexibility index (Phi) is 4.81. The van der Waals surface area contributed by atoms with Crippen molar-refractivity contribution in [3.05, 3.63) is 34.9 Å². The van der Waals surface area contributed by atoms with Crippen LogP contribution in [0.1, 0.15) is 34.8 Å². The van der Waals surface area contributed by atoms with Crippen LogP contribution in [0.2, 0.25) is 0 Å². The van der Waals surface area contributed by atoms with Gasteiger partial charge < -0.3 is 5.32 Å². The second kappa shape index (κ2) is 5.90. The maximum atomic E-state index is 11.9. The topological polar surface area (TPSA) is 29.1 Å². The van der Waals surface area contributed by atoms with E-state index in [4.69, 9.17) is 11.6 Å². The van der Waals surface area contributed by atoms with Crippen LogP contribution in [0, 0.1) is 13.8 Å². The maximum Gasteiger partial charge on any atom is 0.251 e. The monoisotopic (exact) mass is 239 g/mol. The van der Waals surface area contributed by atoms with E-state index in [2.05, 4.69) is 5.32 Å². The van der Waals surface area contributed by atoms with Crippen molar-refractivity contribution in [2.45, 2.75) is 33.2 Å². The van der Waals surface area contributed by atoms with Crippen LogP contribution >= 0.6 is 11.6 Å². The number of rotatable bonds is 4. The first-order chi connectivity index (χ1) is 7.56. The molecule has 2 nitrogen and oxygen atoms in total. The summed E-state index contributed by atoms with van der Waals surface area (Å²) in [5.41, 5.74) is 2.93. The van der Waals surface area contributed by atoms with Gasteiger partial charge in [0.15, 0.2) is 0 Å². The van der Waals surface area contributed by atoms with Gasteiger partial charge in [-0.3, -0.25) is 4.79 Å². The lowest BCUT2D eigenvalue weighted by molar-refractivity contribution is 0.0939. The van der Waals surface area contributed by atoms with Gasteiger partial charge in [-0.15, -0.1) is 11.6 Å². The average Bonchev–Trinajstić information content (AvgIpc) is 2.22. The van der Waals surface area contributed by atoms with Crippen LogP contribution in [-0.4, -0.2) is 17.8 Å². The van der Waals surface area contributed by atoms with E-state index in [9.17, 15) is 4.79 Å². The van der Waals surface area contributed by atoms with Gasteiger partial charge in [0.25, 0.3) is 5.91 Å². The molecule has 0 spiro atoms. The van der Waals surface area contributed by atoms with Crippen LogP contribution in [0.25, 0.3) is 0 Å². The van der Waals surface area contributed by atoms with E-state index in [1.54, 1.807) is 0 Å². The molecule has 1 unspecified atom stereocenters. The lowest BCUT2D eigenvalue weighted by atomic mass is 10.0. The van der Waals surface area contributed by atoms with Gasteiger partial charge >= 0.3 is 0 Å². The molecule has 1 rings (SSSR count). The first-order valence-electron chi connectivity index (χ1n) is 5.49. The van der Waals surface area contributed by atoms with Crippen LogP contribution in [0.4, 0.5) is 0 Å². The molecule has 0 saturated heterocycles. The Hall–Kier alpha value is -1.02. The molecule has 3 heteroatoms. The fraction of sp³-hybridized carbons (Fsp3) is 0.462. The van der Waals surface area contributed by atoms with Gasteiger partial charge in [0.05, 0.1) is 0 Å². The predicted molar refractivity (Wildman–Crippen MR) is 68.2 cm³/mol. The molecule has 0 aliphatic rings. The largest absolute Gasteiger partial charge is 0.350 e. The number of amides is 1. The third-order valence-electron chi connectivity index (χ3n) is 2.77. The Labute approximate surface area is 102 Å². The van der Waals surface area contributed by atoms with E-state index in [1.165, 1.54) is 0 Å². The standard InChI is InChI=1S/C13H18ClNO/c1-9-5-4-6-12(11(9)3)13(16)15-10(2)7-8-14/h4-6,10H,7-8H2,1-3H3,(H,15,16). The molecule has 0 bridgehead atoms. The summed E-state index contributed by atoms with van der Waals surface area (Å²) in [7, 11) is 0. The van der Waals surface area contributed by atoms with E-state index < -0.39 is 0 Å². The van der Waals surface area contributed by atoms with Crippen LogP contribution < -0.4 is 5.32 Å². The Morgan fingerprint density at radius 2 is 2.12 bits per heavy atom. The fourth-order valence-electron chi connectivity index (χ4n) is 1.53. The lowest BCUT2D eigenvalue weighted by Gasteiger charge is -2.14. The molecule has 1 amide bonds. The number of alkyl halides is 1. The lowest BCUT2D eigenvalue weighted by Crippen LogP contribution is -2.33. The molecule has 1 aromatic carbocycles. The summed E-state index contributed by atoms with van der Waals surface area (Å²) in [6, 6.07) is 5.88. The van der Waals surface area contributed by atoms with Gasteiger partial charge in [-0.05, 0) is 44.4 Å². The smallest absolute Gasteiger partial charge is 0.251 e. The third kappa shape index (κ3) is 3.24.